The summed E-state index contributed by atoms with van der Waals surface area (Å²) in [5, 5.41) is 0. The van der Waals surface area contributed by atoms with Crippen molar-refractivity contribution < 1.29 is 28.6 Å². The van der Waals surface area contributed by atoms with Crippen molar-refractivity contribution in [3.8, 4) is 0 Å². The van der Waals surface area contributed by atoms with Crippen molar-refractivity contribution in [2.24, 2.45) is 0 Å². The van der Waals surface area contributed by atoms with Gasteiger partial charge >= 0.3 is 17.9 Å². The smallest absolute Gasteiger partial charge is 0.306 e. The Labute approximate surface area is 444 Å². The Morgan fingerprint density at radius 1 is 0.225 bits per heavy atom. The van der Waals surface area contributed by atoms with Crippen LogP contribution in [-0.4, -0.2) is 37.2 Å². The van der Waals surface area contributed by atoms with Gasteiger partial charge in [0.2, 0.25) is 0 Å². The summed E-state index contributed by atoms with van der Waals surface area (Å²) < 4.78 is 16.8. The van der Waals surface area contributed by atoms with E-state index in [1.54, 1.807) is 0 Å². The standard InChI is InChI=1S/C65H126O6/c1-4-7-10-13-16-18-20-22-24-26-28-30-31-32-33-34-35-36-38-39-41-43-45-47-49-52-55-58-64(67)70-61-62(60-69-63(66)57-54-51-15-12-9-6-3)71-65(68)59-56-53-50-48-46-44-42-40-37-29-27-25-23-21-19-17-14-11-8-5-2/h62H,4-61H2,1-3H3. The van der Waals surface area contributed by atoms with Gasteiger partial charge in [0.1, 0.15) is 13.2 Å². The summed E-state index contributed by atoms with van der Waals surface area (Å²) in [5.74, 6) is -0.841. The first-order valence-corrected chi connectivity index (χ1v) is 32.5. The molecule has 0 radical (unpaired) electrons. The molecule has 0 saturated carbocycles. The van der Waals surface area contributed by atoms with Crippen LogP contribution in [-0.2, 0) is 28.6 Å². The first-order valence-electron chi connectivity index (χ1n) is 32.5. The lowest BCUT2D eigenvalue weighted by Gasteiger charge is -2.18. The van der Waals surface area contributed by atoms with Crippen LogP contribution in [0.25, 0.3) is 0 Å². The predicted molar refractivity (Wildman–Crippen MR) is 307 cm³/mol. The van der Waals surface area contributed by atoms with Crippen molar-refractivity contribution in [1.29, 1.82) is 0 Å². The van der Waals surface area contributed by atoms with Gasteiger partial charge in [0.25, 0.3) is 0 Å². The van der Waals surface area contributed by atoms with Gasteiger partial charge in [-0.2, -0.15) is 0 Å². The summed E-state index contributed by atoms with van der Waals surface area (Å²) >= 11 is 0. The highest BCUT2D eigenvalue weighted by Gasteiger charge is 2.19. The van der Waals surface area contributed by atoms with E-state index in [1.807, 2.05) is 0 Å². The lowest BCUT2D eigenvalue weighted by molar-refractivity contribution is -0.167. The predicted octanol–water partition coefficient (Wildman–Crippen LogP) is 21.9. The fourth-order valence-electron chi connectivity index (χ4n) is 10.2. The van der Waals surface area contributed by atoms with E-state index >= 15 is 0 Å². The number of hydrogen-bond acceptors (Lipinski definition) is 6. The normalized spacial score (nSPS) is 11.9. The molecular formula is C65H126O6. The molecule has 0 aliphatic heterocycles. The van der Waals surface area contributed by atoms with Gasteiger partial charge in [-0.3, -0.25) is 14.4 Å². The molecule has 6 nitrogen and oxygen atoms in total. The molecule has 71 heavy (non-hydrogen) atoms. The van der Waals surface area contributed by atoms with Crippen molar-refractivity contribution in [1.82, 2.24) is 0 Å². The summed E-state index contributed by atoms with van der Waals surface area (Å²) in [6, 6.07) is 0. The highest BCUT2D eigenvalue weighted by Crippen LogP contribution is 2.19. The van der Waals surface area contributed by atoms with E-state index in [2.05, 4.69) is 20.8 Å². The molecule has 0 rings (SSSR count). The van der Waals surface area contributed by atoms with Crippen LogP contribution < -0.4 is 0 Å². The van der Waals surface area contributed by atoms with Crippen LogP contribution in [0, 0.1) is 0 Å². The topological polar surface area (TPSA) is 78.9 Å². The molecule has 0 heterocycles. The monoisotopic (exact) mass is 1000 g/mol. The van der Waals surface area contributed by atoms with Crippen LogP contribution in [0.1, 0.15) is 380 Å². The molecule has 0 aromatic carbocycles. The zero-order chi connectivity index (χ0) is 51.4. The molecule has 0 fully saturated rings. The summed E-state index contributed by atoms with van der Waals surface area (Å²) in [6.07, 6.45) is 70.2. The van der Waals surface area contributed by atoms with Gasteiger partial charge in [-0.15, -0.1) is 0 Å². The van der Waals surface area contributed by atoms with E-state index in [0.29, 0.717) is 19.3 Å². The van der Waals surface area contributed by atoms with Crippen molar-refractivity contribution in [2.45, 2.75) is 386 Å². The highest BCUT2D eigenvalue weighted by molar-refractivity contribution is 5.71. The second-order valence-corrected chi connectivity index (χ2v) is 22.4. The molecule has 1 atom stereocenters. The van der Waals surface area contributed by atoms with E-state index in [9.17, 15) is 14.4 Å². The number of carbonyl (C=O) groups is 3. The number of carbonyl (C=O) groups excluding carboxylic acids is 3. The molecule has 1 unspecified atom stereocenters. The summed E-state index contributed by atoms with van der Waals surface area (Å²) in [5.41, 5.74) is 0. The van der Waals surface area contributed by atoms with Gasteiger partial charge in [0.15, 0.2) is 6.10 Å². The molecule has 0 bridgehead atoms. The van der Waals surface area contributed by atoms with Crippen LogP contribution in [0.4, 0.5) is 0 Å². The molecule has 0 aromatic heterocycles. The Morgan fingerprint density at radius 2 is 0.380 bits per heavy atom. The Bertz CT molecular complexity index is 1060. The molecular weight excluding hydrogens is 877 g/mol. The molecule has 0 amide bonds. The third kappa shape index (κ3) is 59.2. The van der Waals surface area contributed by atoms with Gasteiger partial charge in [-0.25, -0.2) is 0 Å². The van der Waals surface area contributed by atoms with E-state index < -0.39 is 6.10 Å². The van der Waals surface area contributed by atoms with Gasteiger partial charge < -0.3 is 14.2 Å². The maximum atomic E-state index is 12.8. The minimum absolute atomic E-state index is 0.0619. The van der Waals surface area contributed by atoms with E-state index in [4.69, 9.17) is 14.2 Å². The van der Waals surface area contributed by atoms with Crippen LogP contribution in [0.3, 0.4) is 0 Å². The van der Waals surface area contributed by atoms with Crippen molar-refractivity contribution in [3.05, 3.63) is 0 Å². The Kier molecular flexibility index (Phi) is 59.6. The maximum absolute atomic E-state index is 12.8. The summed E-state index contributed by atoms with van der Waals surface area (Å²) in [6.45, 7) is 6.66. The number of hydrogen-bond donors (Lipinski definition) is 0. The Hall–Kier alpha value is -1.59. The van der Waals surface area contributed by atoms with Crippen LogP contribution in [0.15, 0.2) is 0 Å². The zero-order valence-corrected chi connectivity index (χ0v) is 48.5. The second-order valence-electron chi connectivity index (χ2n) is 22.4. The molecule has 6 heteroatoms. The van der Waals surface area contributed by atoms with Gasteiger partial charge in [-0.1, -0.05) is 342 Å². The Balaban J connectivity index is 3.97. The molecule has 0 saturated heterocycles. The lowest BCUT2D eigenvalue weighted by Crippen LogP contribution is -2.30. The van der Waals surface area contributed by atoms with E-state index in [1.165, 1.54) is 283 Å². The highest BCUT2D eigenvalue weighted by atomic mass is 16.6. The minimum atomic E-state index is -0.760. The number of unbranched alkanes of at least 4 members (excludes halogenated alkanes) is 50. The number of rotatable bonds is 61. The maximum Gasteiger partial charge on any atom is 0.306 e. The lowest BCUT2D eigenvalue weighted by atomic mass is 10.0. The van der Waals surface area contributed by atoms with E-state index in [0.717, 1.165) is 57.8 Å². The van der Waals surface area contributed by atoms with Gasteiger partial charge in [0, 0.05) is 19.3 Å². The number of ether oxygens (including phenoxy) is 3. The largest absolute Gasteiger partial charge is 0.462 e. The van der Waals surface area contributed by atoms with Gasteiger partial charge in [0.05, 0.1) is 0 Å². The van der Waals surface area contributed by atoms with E-state index in [-0.39, 0.29) is 31.1 Å². The summed E-state index contributed by atoms with van der Waals surface area (Å²) in [4.78, 5) is 38.0. The van der Waals surface area contributed by atoms with Crippen LogP contribution >= 0.6 is 0 Å². The molecule has 0 spiro atoms. The molecule has 422 valence electrons. The summed E-state index contributed by atoms with van der Waals surface area (Å²) in [7, 11) is 0. The quantitative estimate of drug-likeness (QED) is 0.0343. The molecule has 0 aliphatic rings. The third-order valence-corrected chi connectivity index (χ3v) is 15.1. The van der Waals surface area contributed by atoms with Crippen LogP contribution in [0.5, 0.6) is 0 Å². The first-order chi connectivity index (χ1) is 35.0. The first kappa shape index (κ1) is 69.4. The number of esters is 3. The molecule has 0 aliphatic carbocycles. The fourth-order valence-corrected chi connectivity index (χ4v) is 10.2. The van der Waals surface area contributed by atoms with Crippen LogP contribution in [0.2, 0.25) is 0 Å². The SMILES string of the molecule is CCCCCCCCCCCCCCCCCCCCCCCCCCCCCC(=O)OCC(COC(=O)CCCCCCCC)OC(=O)CCCCCCCCCCCCCCCCCCCCCC. The molecule has 0 N–H and O–H groups in total. The molecule has 0 aromatic rings. The average molecular weight is 1000 g/mol. The van der Waals surface area contributed by atoms with Crippen molar-refractivity contribution in [3.63, 3.8) is 0 Å². The average Bonchev–Trinajstić information content (AvgIpc) is 3.37. The second kappa shape index (κ2) is 61.0. The Morgan fingerprint density at radius 3 is 0.563 bits per heavy atom. The van der Waals surface area contributed by atoms with Gasteiger partial charge in [-0.05, 0) is 19.3 Å². The van der Waals surface area contributed by atoms with Crippen molar-refractivity contribution >= 4 is 17.9 Å². The fraction of sp³-hybridized carbons (Fsp3) is 0.954. The third-order valence-electron chi connectivity index (χ3n) is 15.1. The minimum Gasteiger partial charge on any atom is -0.462 e. The zero-order valence-electron chi connectivity index (χ0n) is 48.5. The van der Waals surface area contributed by atoms with Crippen molar-refractivity contribution in [2.75, 3.05) is 13.2 Å².